The quantitative estimate of drug-likeness (QED) is 0.519. The molecular weight excluding hydrogens is 207 g/mol. The van der Waals surface area contributed by atoms with Gasteiger partial charge in [0.25, 0.3) is 0 Å². The average molecular weight is 215 g/mol. The summed E-state index contributed by atoms with van der Waals surface area (Å²) < 4.78 is 0. The monoisotopic (exact) mass is 214 g/mol. The van der Waals surface area contributed by atoms with E-state index in [9.17, 15) is 0 Å². The van der Waals surface area contributed by atoms with Crippen molar-refractivity contribution in [1.82, 2.24) is 0 Å². The topological polar surface area (TPSA) is 15.6 Å². The highest BCUT2D eigenvalue weighted by Gasteiger charge is 2.22. The molecule has 1 aliphatic heterocycles. The van der Waals surface area contributed by atoms with Crippen LogP contribution in [0.2, 0.25) is 0 Å². The van der Waals surface area contributed by atoms with Crippen LogP contribution in [0.4, 0.5) is 5.69 Å². The van der Waals surface area contributed by atoms with Crippen LogP contribution >= 0.6 is 23.2 Å². The van der Waals surface area contributed by atoms with Crippen molar-refractivity contribution in [2.45, 2.75) is 5.50 Å². The fraction of sp³-hybridized carbons (Fsp3) is 0.222. The van der Waals surface area contributed by atoms with Gasteiger partial charge in [0.05, 0.1) is 6.54 Å². The average Bonchev–Trinajstić information content (AvgIpc) is 2.47. The normalized spacial score (nSPS) is 21.8. The number of halogens is 2. The fourth-order valence-corrected chi connectivity index (χ4v) is 1.84. The molecular formula is C9H8Cl2N2. The van der Waals surface area contributed by atoms with E-state index in [2.05, 4.69) is 4.99 Å². The summed E-state index contributed by atoms with van der Waals surface area (Å²) in [5, 5.41) is 0.464. The van der Waals surface area contributed by atoms with Gasteiger partial charge in [-0.05, 0) is 23.7 Å². The Morgan fingerprint density at radius 3 is 2.54 bits per heavy atom. The smallest absolute Gasteiger partial charge is 0.200 e. The van der Waals surface area contributed by atoms with Crippen LogP contribution < -0.4 is 4.90 Å². The van der Waals surface area contributed by atoms with Crippen LogP contribution in [0, 0.1) is 0 Å². The molecule has 1 aromatic rings. The summed E-state index contributed by atoms with van der Waals surface area (Å²) in [5.41, 5.74) is 0.798. The molecule has 1 atom stereocenters. The van der Waals surface area contributed by atoms with Gasteiger partial charge in [0.2, 0.25) is 0 Å². The van der Waals surface area contributed by atoms with Crippen LogP contribution in [0.25, 0.3) is 0 Å². The Labute approximate surface area is 86.8 Å². The van der Waals surface area contributed by atoms with Crippen LogP contribution in [0.5, 0.6) is 0 Å². The molecule has 1 heterocycles. The van der Waals surface area contributed by atoms with Crippen LogP contribution in [-0.2, 0) is 0 Å². The van der Waals surface area contributed by atoms with Gasteiger partial charge in [-0.1, -0.05) is 29.8 Å². The first-order chi connectivity index (χ1) is 6.27. The lowest BCUT2D eigenvalue weighted by molar-refractivity contribution is 0.951. The number of para-hydroxylation sites is 1. The van der Waals surface area contributed by atoms with E-state index in [-0.39, 0.29) is 5.50 Å². The summed E-state index contributed by atoms with van der Waals surface area (Å²) in [6, 6.07) is 9.84. The molecule has 13 heavy (non-hydrogen) atoms. The van der Waals surface area contributed by atoms with Gasteiger partial charge in [0.15, 0.2) is 5.29 Å². The van der Waals surface area contributed by atoms with E-state index < -0.39 is 0 Å². The Bertz CT molecular complexity index is 324. The minimum atomic E-state index is -0.229. The molecule has 4 heteroatoms. The number of anilines is 1. The Balaban J connectivity index is 2.25. The molecule has 1 aromatic carbocycles. The second-order valence-corrected chi connectivity index (χ2v) is 3.62. The van der Waals surface area contributed by atoms with Crippen molar-refractivity contribution in [3.8, 4) is 0 Å². The van der Waals surface area contributed by atoms with Gasteiger partial charge in [-0.3, -0.25) is 0 Å². The molecule has 0 fully saturated rings. The lowest BCUT2D eigenvalue weighted by Crippen LogP contribution is -2.24. The van der Waals surface area contributed by atoms with Crippen LogP contribution in [0.3, 0.4) is 0 Å². The second-order valence-electron chi connectivity index (χ2n) is 2.78. The Morgan fingerprint density at radius 1 is 1.31 bits per heavy atom. The molecule has 0 spiro atoms. The van der Waals surface area contributed by atoms with E-state index in [0.717, 1.165) is 5.69 Å². The number of benzene rings is 1. The predicted molar refractivity (Wildman–Crippen MR) is 56.7 cm³/mol. The third-order valence-electron chi connectivity index (χ3n) is 1.87. The second kappa shape index (κ2) is 3.56. The summed E-state index contributed by atoms with van der Waals surface area (Å²) >= 11 is 11.7. The molecule has 0 bridgehead atoms. The zero-order chi connectivity index (χ0) is 9.26. The summed E-state index contributed by atoms with van der Waals surface area (Å²) in [7, 11) is 0. The molecule has 0 aliphatic carbocycles. The molecule has 0 amide bonds. The Hall–Kier alpha value is -0.730. The van der Waals surface area contributed by atoms with Crippen LogP contribution in [-0.4, -0.2) is 17.3 Å². The molecule has 0 radical (unpaired) electrons. The van der Waals surface area contributed by atoms with E-state index >= 15 is 0 Å². The zero-order valence-electron chi connectivity index (χ0n) is 6.82. The number of alkyl halides is 1. The van der Waals surface area contributed by atoms with Gasteiger partial charge >= 0.3 is 0 Å². The molecule has 2 nitrogen and oxygen atoms in total. The highest BCUT2D eigenvalue weighted by atomic mass is 35.5. The SMILES string of the molecule is ClC1=NC(Cl)CN1c1ccccc1. The van der Waals surface area contributed by atoms with E-state index in [0.29, 0.717) is 11.8 Å². The molecule has 68 valence electrons. The highest BCUT2D eigenvalue weighted by molar-refractivity contribution is 6.68. The molecule has 0 saturated carbocycles. The number of hydrogen-bond donors (Lipinski definition) is 0. The first-order valence-corrected chi connectivity index (χ1v) is 4.79. The van der Waals surface area contributed by atoms with Crippen molar-refractivity contribution in [2.75, 3.05) is 11.4 Å². The number of nitrogens with zero attached hydrogens (tertiary/aromatic N) is 2. The van der Waals surface area contributed by atoms with Crippen molar-refractivity contribution >= 4 is 34.2 Å². The van der Waals surface area contributed by atoms with Gasteiger partial charge in [0, 0.05) is 5.69 Å². The Morgan fingerprint density at radius 2 is 2.00 bits per heavy atom. The highest BCUT2D eigenvalue weighted by Crippen LogP contribution is 2.22. The minimum absolute atomic E-state index is 0.229. The zero-order valence-corrected chi connectivity index (χ0v) is 8.33. The van der Waals surface area contributed by atoms with Gasteiger partial charge in [-0.2, -0.15) is 0 Å². The van der Waals surface area contributed by atoms with E-state index in [1.165, 1.54) is 0 Å². The summed E-state index contributed by atoms with van der Waals surface area (Å²) in [6.07, 6.45) is 0. The van der Waals surface area contributed by atoms with Crippen molar-refractivity contribution in [3.05, 3.63) is 30.3 Å². The van der Waals surface area contributed by atoms with Crippen LogP contribution in [0.1, 0.15) is 0 Å². The first-order valence-electron chi connectivity index (χ1n) is 3.97. The lowest BCUT2D eigenvalue weighted by Gasteiger charge is -2.16. The van der Waals surface area contributed by atoms with Crippen molar-refractivity contribution in [1.29, 1.82) is 0 Å². The predicted octanol–water partition coefficient (Wildman–Crippen LogP) is 2.67. The number of amidine groups is 1. The first kappa shape index (κ1) is 8.85. The lowest BCUT2D eigenvalue weighted by atomic mass is 10.3. The minimum Gasteiger partial charge on any atom is -0.314 e. The van der Waals surface area contributed by atoms with Gasteiger partial charge in [0.1, 0.15) is 5.50 Å². The molecule has 0 N–H and O–H groups in total. The molecule has 0 saturated heterocycles. The van der Waals surface area contributed by atoms with E-state index in [4.69, 9.17) is 23.2 Å². The standard InChI is InChI=1S/C9H8Cl2N2/c10-8-6-13(9(11)12-8)7-4-2-1-3-5-7/h1-5,8H,6H2. The van der Waals surface area contributed by atoms with Crippen molar-refractivity contribution < 1.29 is 0 Å². The number of hydrogen-bond acceptors (Lipinski definition) is 2. The van der Waals surface area contributed by atoms with Gasteiger partial charge < -0.3 is 4.90 Å². The van der Waals surface area contributed by atoms with E-state index in [1.807, 2.05) is 35.2 Å². The number of rotatable bonds is 1. The number of aliphatic imine (C=N–C) groups is 1. The van der Waals surface area contributed by atoms with Crippen molar-refractivity contribution in [3.63, 3.8) is 0 Å². The molecule has 0 aromatic heterocycles. The molecule has 1 aliphatic rings. The van der Waals surface area contributed by atoms with Gasteiger partial charge in [-0.25, -0.2) is 4.99 Å². The largest absolute Gasteiger partial charge is 0.314 e. The maximum atomic E-state index is 5.90. The summed E-state index contributed by atoms with van der Waals surface area (Å²) in [5.74, 6) is 0. The summed E-state index contributed by atoms with van der Waals surface area (Å²) in [6.45, 7) is 0.643. The van der Waals surface area contributed by atoms with Crippen LogP contribution in [0.15, 0.2) is 35.3 Å². The maximum absolute atomic E-state index is 5.90. The van der Waals surface area contributed by atoms with E-state index in [1.54, 1.807) is 0 Å². The third-order valence-corrected chi connectivity index (χ3v) is 2.41. The maximum Gasteiger partial charge on any atom is 0.200 e. The fourth-order valence-electron chi connectivity index (χ4n) is 1.27. The Kier molecular flexibility index (Phi) is 2.42. The molecule has 2 rings (SSSR count). The van der Waals surface area contributed by atoms with Gasteiger partial charge in [-0.15, -0.1) is 0 Å². The summed E-state index contributed by atoms with van der Waals surface area (Å²) in [4.78, 5) is 5.91. The van der Waals surface area contributed by atoms with Crippen molar-refractivity contribution in [2.24, 2.45) is 4.99 Å². The third kappa shape index (κ3) is 1.79. The molecule has 1 unspecified atom stereocenters.